The normalized spacial score (nSPS) is 43.6. The molecule has 0 heterocycles. The summed E-state index contributed by atoms with van der Waals surface area (Å²) in [4.78, 5) is 23.4. The Bertz CT molecular complexity index is 537. The fourth-order valence-corrected chi connectivity index (χ4v) is 4.75. The van der Waals surface area contributed by atoms with Crippen LogP contribution in [0.2, 0.25) is 0 Å². The molecule has 0 unspecified atom stereocenters. The first-order valence-corrected chi connectivity index (χ1v) is 7.39. The molecule has 98 valence electrons. The Morgan fingerprint density at radius 2 is 1.84 bits per heavy atom. The van der Waals surface area contributed by atoms with Crippen molar-refractivity contribution in [3.8, 4) is 0 Å². The Kier molecular flexibility index (Phi) is 2.41. The predicted octanol–water partition coefficient (Wildman–Crippen LogP) is 2.86. The predicted molar refractivity (Wildman–Crippen MR) is 72.3 cm³/mol. The summed E-state index contributed by atoms with van der Waals surface area (Å²) in [5.74, 6) is 3.05. The summed E-state index contributed by atoms with van der Waals surface area (Å²) < 4.78 is 0. The quantitative estimate of drug-likeness (QED) is 0.666. The summed E-state index contributed by atoms with van der Waals surface area (Å²) in [7, 11) is 0. The molecule has 4 aliphatic carbocycles. The van der Waals surface area contributed by atoms with E-state index in [2.05, 4.69) is 18.2 Å². The van der Waals surface area contributed by atoms with Gasteiger partial charge in [-0.25, -0.2) is 0 Å². The lowest BCUT2D eigenvalue weighted by molar-refractivity contribution is -0.122. The van der Waals surface area contributed by atoms with Crippen LogP contribution in [0.5, 0.6) is 0 Å². The Labute approximate surface area is 113 Å². The zero-order valence-corrected chi connectivity index (χ0v) is 10.9. The number of allylic oxidation sites excluding steroid dienone is 6. The van der Waals surface area contributed by atoms with Crippen molar-refractivity contribution in [1.29, 1.82) is 0 Å². The topological polar surface area (TPSA) is 34.1 Å². The Morgan fingerprint density at radius 3 is 2.74 bits per heavy atom. The second-order valence-corrected chi connectivity index (χ2v) is 6.38. The summed E-state index contributed by atoms with van der Waals surface area (Å²) in [6.07, 6.45) is 14.1. The molecule has 0 aliphatic heterocycles. The maximum absolute atomic E-state index is 11.9. The van der Waals surface area contributed by atoms with Gasteiger partial charge < -0.3 is 0 Å². The van der Waals surface area contributed by atoms with Crippen LogP contribution in [0.4, 0.5) is 0 Å². The van der Waals surface area contributed by atoms with Gasteiger partial charge in [0, 0.05) is 18.3 Å². The third-order valence-electron chi connectivity index (χ3n) is 5.59. The highest BCUT2D eigenvalue weighted by molar-refractivity contribution is 6.01. The monoisotopic (exact) mass is 254 g/mol. The lowest BCUT2D eigenvalue weighted by Crippen LogP contribution is -2.38. The molecule has 0 N–H and O–H groups in total. The van der Waals surface area contributed by atoms with E-state index in [0.29, 0.717) is 35.4 Å². The van der Waals surface area contributed by atoms with E-state index in [4.69, 9.17) is 0 Å². The van der Waals surface area contributed by atoms with Crippen molar-refractivity contribution in [2.75, 3.05) is 0 Å². The van der Waals surface area contributed by atoms with Crippen LogP contribution >= 0.6 is 0 Å². The largest absolute Gasteiger partial charge is 0.299 e. The smallest absolute Gasteiger partial charge is 0.178 e. The van der Waals surface area contributed by atoms with Crippen molar-refractivity contribution >= 4 is 11.6 Å². The average Bonchev–Trinajstić information content (AvgIpc) is 2.80. The minimum atomic E-state index is 0.110. The molecule has 0 amide bonds. The summed E-state index contributed by atoms with van der Waals surface area (Å²) in [5, 5.41) is 0. The van der Waals surface area contributed by atoms with Crippen LogP contribution in [-0.4, -0.2) is 11.6 Å². The molecule has 19 heavy (non-hydrogen) atoms. The van der Waals surface area contributed by atoms with Crippen molar-refractivity contribution in [3.63, 3.8) is 0 Å². The van der Waals surface area contributed by atoms with Crippen LogP contribution in [0.3, 0.4) is 0 Å². The summed E-state index contributed by atoms with van der Waals surface area (Å²) in [6.45, 7) is 0. The maximum atomic E-state index is 11.9. The number of ketones is 2. The van der Waals surface area contributed by atoms with E-state index in [1.807, 2.05) is 0 Å². The molecular weight excluding hydrogens is 236 g/mol. The van der Waals surface area contributed by atoms with Gasteiger partial charge in [-0.3, -0.25) is 9.59 Å². The first-order valence-electron chi connectivity index (χ1n) is 7.39. The first kappa shape index (κ1) is 11.4. The molecule has 2 saturated carbocycles. The van der Waals surface area contributed by atoms with E-state index >= 15 is 0 Å². The molecule has 0 saturated heterocycles. The molecule has 4 aliphatic rings. The van der Waals surface area contributed by atoms with E-state index in [1.165, 1.54) is 5.57 Å². The van der Waals surface area contributed by atoms with Gasteiger partial charge in [-0.15, -0.1) is 0 Å². The Morgan fingerprint density at radius 1 is 0.947 bits per heavy atom. The first-order chi connectivity index (χ1) is 9.24. The molecule has 0 aromatic heterocycles. The van der Waals surface area contributed by atoms with Gasteiger partial charge in [0.05, 0.1) is 0 Å². The Hall–Kier alpha value is -1.44. The van der Waals surface area contributed by atoms with Crippen LogP contribution in [0.15, 0.2) is 36.0 Å². The number of carbonyl (C=O) groups is 2. The molecule has 2 fully saturated rings. The highest BCUT2D eigenvalue weighted by Gasteiger charge is 2.48. The zero-order chi connectivity index (χ0) is 13.0. The third kappa shape index (κ3) is 1.62. The summed E-state index contributed by atoms with van der Waals surface area (Å²) in [5.41, 5.74) is 1.18. The van der Waals surface area contributed by atoms with Gasteiger partial charge in [0.25, 0.3) is 0 Å². The van der Waals surface area contributed by atoms with E-state index in [1.54, 1.807) is 12.2 Å². The fraction of sp³-hybridized carbons (Fsp3) is 0.529. The van der Waals surface area contributed by atoms with Crippen LogP contribution in [0.1, 0.15) is 25.7 Å². The van der Waals surface area contributed by atoms with Crippen LogP contribution in [-0.2, 0) is 9.59 Å². The Balaban J connectivity index is 1.70. The van der Waals surface area contributed by atoms with Gasteiger partial charge in [-0.1, -0.05) is 18.2 Å². The molecule has 2 nitrogen and oxygen atoms in total. The molecule has 0 radical (unpaired) electrons. The number of hydrogen-bond donors (Lipinski definition) is 0. The number of rotatable bonds is 0. The molecule has 5 atom stereocenters. The maximum Gasteiger partial charge on any atom is 0.178 e. The molecule has 2 heteroatoms. The van der Waals surface area contributed by atoms with E-state index in [9.17, 15) is 9.59 Å². The van der Waals surface area contributed by atoms with Crippen LogP contribution in [0, 0.1) is 29.6 Å². The molecule has 0 aromatic carbocycles. The SMILES string of the molecule is O=C1C=C[C@H]2C(=C1)C=C[C@H]1[C@@H]3CCC(=O)[C@H]3CC[C@@H]12. The van der Waals surface area contributed by atoms with E-state index < -0.39 is 0 Å². The molecule has 0 bridgehead atoms. The lowest BCUT2D eigenvalue weighted by Gasteiger charge is -2.44. The van der Waals surface area contributed by atoms with Gasteiger partial charge in [-0.2, -0.15) is 0 Å². The van der Waals surface area contributed by atoms with Gasteiger partial charge in [0.1, 0.15) is 5.78 Å². The number of hydrogen-bond acceptors (Lipinski definition) is 2. The molecular formula is C17H18O2. The second kappa shape index (κ2) is 4.03. The standard InChI is InChI=1S/C17H18O2/c18-11-2-4-12-10(9-11)1-3-14-13(12)5-6-16-15(14)7-8-17(16)19/h1-4,9,12-16H,5-8H2/t12-,13+,14+,15-,16-/m0/s1. The summed E-state index contributed by atoms with van der Waals surface area (Å²) in [6, 6.07) is 0. The fourth-order valence-electron chi connectivity index (χ4n) is 4.75. The lowest BCUT2D eigenvalue weighted by atomic mass is 9.59. The number of fused-ring (bicyclic) bond motifs is 5. The summed E-state index contributed by atoms with van der Waals surface area (Å²) >= 11 is 0. The highest BCUT2D eigenvalue weighted by atomic mass is 16.1. The minimum absolute atomic E-state index is 0.110. The van der Waals surface area contributed by atoms with Crippen LogP contribution < -0.4 is 0 Å². The minimum Gasteiger partial charge on any atom is -0.299 e. The third-order valence-corrected chi connectivity index (χ3v) is 5.59. The van der Waals surface area contributed by atoms with Crippen molar-refractivity contribution < 1.29 is 9.59 Å². The van der Waals surface area contributed by atoms with Gasteiger partial charge in [-0.05, 0) is 54.7 Å². The van der Waals surface area contributed by atoms with Crippen molar-refractivity contribution in [3.05, 3.63) is 36.0 Å². The van der Waals surface area contributed by atoms with Crippen molar-refractivity contribution in [2.24, 2.45) is 29.6 Å². The molecule has 0 spiro atoms. The van der Waals surface area contributed by atoms with E-state index in [0.717, 1.165) is 25.7 Å². The van der Waals surface area contributed by atoms with Crippen LogP contribution in [0.25, 0.3) is 0 Å². The molecule has 0 aromatic rings. The number of Topliss-reactive ketones (excluding diaryl/α,β-unsaturated/α-hetero) is 1. The second-order valence-electron chi connectivity index (χ2n) is 6.38. The zero-order valence-electron chi connectivity index (χ0n) is 10.9. The van der Waals surface area contributed by atoms with Gasteiger partial charge in [0.15, 0.2) is 5.78 Å². The van der Waals surface area contributed by atoms with Crippen molar-refractivity contribution in [2.45, 2.75) is 25.7 Å². The average molecular weight is 254 g/mol. The number of carbonyl (C=O) groups excluding carboxylic acids is 2. The van der Waals surface area contributed by atoms with Gasteiger partial charge in [0.2, 0.25) is 0 Å². The molecule has 4 rings (SSSR count). The highest BCUT2D eigenvalue weighted by Crippen LogP contribution is 2.52. The van der Waals surface area contributed by atoms with Crippen molar-refractivity contribution in [1.82, 2.24) is 0 Å². The van der Waals surface area contributed by atoms with E-state index in [-0.39, 0.29) is 5.78 Å². The van der Waals surface area contributed by atoms with Gasteiger partial charge >= 0.3 is 0 Å².